The van der Waals surface area contributed by atoms with Crippen molar-refractivity contribution in [2.75, 3.05) is 6.79 Å². The number of esters is 1. The fraction of sp³-hybridized carbons (Fsp3) is 0.214. The van der Waals surface area contributed by atoms with Gasteiger partial charge in [0.1, 0.15) is 6.61 Å². The number of aryl methyl sites for hydroxylation is 1. The van der Waals surface area contributed by atoms with E-state index in [9.17, 15) is 4.79 Å². The third-order valence-corrected chi connectivity index (χ3v) is 3.13. The number of ether oxygens (including phenoxy) is 3. The Hall–Kier alpha value is -2.34. The minimum Gasteiger partial charge on any atom is -0.456 e. The van der Waals surface area contributed by atoms with Crippen LogP contribution in [0.4, 0.5) is 0 Å². The number of fused-ring (bicyclic) bond motifs is 1. The zero-order valence-corrected chi connectivity index (χ0v) is 11.9. The first-order valence-electron chi connectivity index (χ1n) is 6.17. The number of halogens is 1. The van der Waals surface area contributed by atoms with Gasteiger partial charge in [0.25, 0.3) is 0 Å². The molecule has 0 radical (unpaired) electrons. The zero-order chi connectivity index (χ0) is 14.8. The van der Waals surface area contributed by atoms with E-state index in [0.717, 1.165) is 5.69 Å². The van der Waals surface area contributed by atoms with Crippen molar-refractivity contribution in [1.29, 1.82) is 0 Å². The first-order valence-corrected chi connectivity index (χ1v) is 6.55. The highest BCUT2D eigenvalue weighted by molar-refractivity contribution is 6.32. The summed E-state index contributed by atoms with van der Waals surface area (Å²) in [5.74, 6) is 0.510. The third-order valence-electron chi connectivity index (χ3n) is 2.85. The Kier molecular flexibility index (Phi) is 3.62. The molecule has 1 aliphatic heterocycles. The lowest BCUT2D eigenvalue weighted by molar-refractivity contribution is 0.0465. The highest BCUT2D eigenvalue weighted by Crippen LogP contribution is 2.39. The van der Waals surface area contributed by atoms with Gasteiger partial charge >= 0.3 is 5.97 Å². The number of carbonyl (C=O) groups is 1. The summed E-state index contributed by atoms with van der Waals surface area (Å²) in [6.45, 7) is 1.98. The maximum atomic E-state index is 11.8. The van der Waals surface area contributed by atoms with Crippen molar-refractivity contribution in [3.63, 3.8) is 0 Å². The largest absolute Gasteiger partial charge is 0.456 e. The molecule has 0 spiro atoms. The van der Waals surface area contributed by atoms with Gasteiger partial charge in [0.15, 0.2) is 17.2 Å². The molecular formula is C14H11ClN2O4. The molecule has 0 unspecified atom stereocenters. The second-order valence-corrected chi connectivity index (χ2v) is 4.84. The molecule has 1 aromatic carbocycles. The van der Waals surface area contributed by atoms with Crippen molar-refractivity contribution < 1.29 is 19.0 Å². The molecule has 0 bridgehead atoms. The summed E-state index contributed by atoms with van der Waals surface area (Å²) in [7, 11) is 0. The lowest BCUT2D eigenvalue weighted by Gasteiger charge is -2.06. The molecule has 3 rings (SSSR count). The number of rotatable bonds is 3. The van der Waals surface area contributed by atoms with Crippen LogP contribution in [0.5, 0.6) is 11.5 Å². The van der Waals surface area contributed by atoms with Crippen LogP contribution in [0.2, 0.25) is 5.02 Å². The van der Waals surface area contributed by atoms with Crippen LogP contribution >= 0.6 is 11.6 Å². The van der Waals surface area contributed by atoms with E-state index in [1.165, 1.54) is 12.4 Å². The van der Waals surface area contributed by atoms with Crippen LogP contribution in [0.1, 0.15) is 21.7 Å². The molecule has 21 heavy (non-hydrogen) atoms. The van der Waals surface area contributed by atoms with Crippen molar-refractivity contribution in [3.8, 4) is 11.5 Å². The molecule has 0 saturated carbocycles. The highest BCUT2D eigenvalue weighted by Gasteiger charge is 2.19. The number of hydrogen-bond acceptors (Lipinski definition) is 6. The predicted molar refractivity (Wildman–Crippen MR) is 73.5 cm³/mol. The predicted octanol–water partition coefficient (Wildman–Crippen LogP) is 2.52. The van der Waals surface area contributed by atoms with E-state index in [1.807, 2.05) is 0 Å². The molecule has 0 N–H and O–H groups in total. The first kappa shape index (κ1) is 13.6. The minimum absolute atomic E-state index is 0.0603. The van der Waals surface area contributed by atoms with Gasteiger partial charge in [-0.2, -0.15) is 0 Å². The summed E-state index contributed by atoms with van der Waals surface area (Å²) >= 11 is 6.06. The van der Waals surface area contributed by atoms with Crippen LogP contribution in [-0.4, -0.2) is 22.7 Å². The van der Waals surface area contributed by atoms with Gasteiger partial charge in [-0.05, 0) is 24.6 Å². The highest BCUT2D eigenvalue weighted by atomic mass is 35.5. The van der Waals surface area contributed by atoms with E-state index >= 15 is 0 Å². The second-order valence-electron chi connectivity index (χ2n) is 4.43. The van der Waals surface area contributed by atoms with Crippen LogP contribution < -0.4 is 9.47 Å². The summed E-state index contributed by atoms with van der Waals surface area (Å²) in [6.07, 6.45) is 2.89. The Morgan fingerprint density at radius 1 is 1.33 bits per heavy atom. The number of benzene rings is 1. The van der Waals surface area contributed by atoms with Gasteiger partial charge in [0, 0.05) is 6.20 Å². The summed E-state index contributed by atoms with van der Waals surface area (Å²) in [6, 6.07) is 3.39. The Morgan fingerprint density at radius 3 is 2.95 bits per heavy atom. The molecule has 0 atom stereocenters. The van der Waals surface area contributed by atoms with Gasteiger partial charge in [0.2, 0.25) is 6.79 Å². The second kappa shape index (κ2) is 5.57. The van der Waals surface area contributed by atoms with E-state index in [1.54, 1.807) is 19.1 Å². The SMILES string of the molecule is Cc1cnc(C(=O)OCc2cc(Cl)c3c(c2)OCO3)cn1. The van der Waals surface area contributed by atoms with Crippen molar-refractivity contribution in [3.05, 3.63) is 46.5 Å². The number of nitrogens with zero attached hydrogens (tertiary/aromatic N) is 2. The van der Waals surface area contributed by atoms with E-state index in [4.69, 9.17) is 25.8 Å². The Morgan fingerprint density at radius 2 is 2.19 bits per heavy atom. The summed E-state index contributed by atoms with van der Waals surface area (Å²) in [5, 5.41) is 0.422. The Labute approximate surface area is 125 Å². The molecule has 0 amide bonds. The average molecular weight is 307 g/mol. The molecule has 108 valence electrons. The lowest BCUT2D eigenvalue weighted by atomic mass is 10.2. The van der Waals surface area contributed by atoms with Crippen molar-refractivity contribution in [1.82, 2.24) is 9.97 Å². The number of carbonyl (C=O) groups excluding carboxylic acids is 1. The molecule has 0 saturated heterocycles. The molecule has 0 fully saturated rings. The van der Waals surface area contributed by atoms with Gasteiger partial charge in [-0.3, -0.25) is 4.98 Å². The Bertz CT molecular complexity index is 688. The fourth-order valence-corrected chi connectivity index (χ4v) is 2.11. The normalized spacial score (nSPS) is 12.3. The van der Waals surface area contributed by atoms with Crippen molar-refractivity contribution in [2.45, 2.75) is 13.5 Å². The maximum Gasteiger partial charge on any atom is 0.358 e. The summed E-state index contributed by atoms with van der Waals surface area (Å²) in [4.78, 5) is 19.8. The smallest absolute Gasteiger partial charge is 0.358 e. The Balaban J connectivity index is 1.69. The quantitative estimate of drug-likeness (QED) is 0.812. The first-order chi connectivity index (χ1) is 10.1. The van der Waals surface area contributed by atoms with E-state index in [2.05, 4.69) is 9.97 Å². The van der Waals surface area contributed by atoms with Crippen LogP contribution in [0.15, 0.2) is 24.5 Å². The minimum atomic E-state index is -0.545. The van der Waals surface area contributed by atoms with Gasteiger partial charge in [0.05, 0.1) is 16.9 Å². The topological polar surface area (TPSA) is 70.5 Å². The molecule has 0 aliphatic carbocycles. The fourth-order valence-electron chi connectivity index (χ4n) is 1.82. The molecular weight excluding hydrogens is 296 g/mol. The van der Waals surface area contributed by atoms with Crippen LogP contribution in [0, 0.1) is 6.92 Å². The van der Waals surface area contributed by atoms with Gasteiger partial charge in [-0.1, -0.05) is 11.6 Å². The van der Waals surface area contributed by atoms with Gasteiger partial charge in [-0.15, -0.1) is 0 Å². The van der Waals surface area contributed by atoms with Crippen molar-refractivity contribution in [2.24, 2.45) is 0 Å². The van der Waals surface area contributed by atoms with Crippen LogP contribution in [-0.2, 0) is 11.3 Å². The monoisotopic (exact) mass is 306 g/mol. The van der Waals surface area contributed by atoms with Crippen LogP contribution in [0.3, 0.4) is 0 Å². The molecule has 1 aromatic heterocycles. The summed E-state index contributed by atoms with van der Waals surface area (Å²) in [5.41, 5.74) is 1.60. The average Bonchev–Trinajstić information content (AvgIpc) is 2.94. The third kappa shape index (κ3) is 2.90. The lowest BCUT2D eigenvalue weighted by Crippen LogP contribution is -2.08. The van der Waals surface area contributed by atoms with E-state index in [-0.39, 0.29) is 19.1 Å². The van der Waals surface area contributed by atoms with E-state index in [0.29, 0.717) is 22.1 Å². The number of hydrogen-bond donors (Lipinski definition) is 0. The van der Waals surface area contributed by atoms with Gasteiger partial charge in [-0.25, -0.2) is 9.78 Å². The van der Waals surface area contributed by atoms with Crippen molar-refractivity contribution >= 4 is 17.6 Å². The molecule has 7 heteroatoms. The summed E-state index contributed by atoms with van der Waals surface area (Å²) < 4.78 is 15.6. The molecule has 6 nitrogen and oxygen atoms in total. The molecule has 2 heterocycles. The number of aromatic nitrogens is 2. The van der Waals surface area contributed by atoms with E-state index < -0.39 is 5.97 Å². The van der Waals surface area contributed by atoms with Crippen LogP contribution in [0.25, 0.3) is 0 Å². The maximum absolute atomic E-state index is 11.8. The zero-order valence-electron chi connectivity index (χ0n) is 11.1. The van der Waals surface area contributed by atoms with Gasteiger partial charge < -0.3 is 14.2 Å². The standard InChI is InChI=1S/C14H11ClN2O4/c1-8-4-17-11(5-16-8)14(18)19-6-9-2-10(15)13-12(3-9)20-7-21-13/h2-5H,6-7H2,1H3. The molecule has 2 aromatic rings. The molecule has 1 aliphatic rings.